The van der Waals surface area contributed by atoms with Crippen molar-refractivity contribution in [2.45, 2.75) is 110 Å². The van der Waals surface area contributed by atoms with Gasteiger partial charge in [0.25, 0.3) is 0 Å². The lowest BCUT2D eigenvalue weighted by Crippen LogP contribution is -1.95. The number of rotatable bonds is 17. The van der Waals surface area contributed by atoms with E-state index in [0.717, 1.165) is 30.7 Å². The number of unbranched alkanes of at least 4 members (excludes halogenated alkanes) is 9. The number of nitrogens with zero attached hydrogens (tertiary/aromatic N) is 2. The third-order valence-corrected chi connectivity index (χ3v) is 7.03. The lowest BCUT2D eigenvalue weighted by Gasteiger charge is -2.07. The Kier molecular flexibility index (Phi) is 12.6. The minimum absolute atomic E-state index is 0.826. The molecule has 1 heterocycles. The summed E-state index contributed by atoms with van der Waals surface area (Å²) in [6, 6.07) is 18.1. The Morgan fingerprint density at radius 3 is 1.34 bits per heavy atom. The van der Waals surface area contributed by atoms with Gasteiger partial charge < -0.3 is 0 Å². The van der Waals surface area contributed by atoms with Gasteiger partial charge in [0, 0.05) is 18.0 Å². The zero-order chi connectivity index (χ0) is 24.6. The fraction of sp³-hybridized carbons (Fsp3) is 0.515. The molecule has 0 N–H and O–H groups in total. The summed E-state index contributed by atoms with van der Waals surface area (Å²) in [5.41, 5.74) is 6.63. The SMILES string of the molecule is CCCCCCCCc1ccc(CCc2ccc(-c3ncc(CCCCCCC)cn3)cc2)cc1. The summed E-state index contributed by atoms with van der Waals surface area (Å²) in [4.78, 5) is 9.25. The van der Waals surface area contributed by atoms with Crippen LogP contribution in [0.4, 0.5) is 0 Å². The number of aromatic nitrogens is 2. The molecule has 0 aliphatic rings. The quantitative estimate of drug-likeness (QED) is 0.184. The minimum atomic E-state index is 0.826. The average Bonchev–Trinajstić information content (AvgIpc) is 2.91. The van der Waals surface area contributed by atoms with E-state index in [-0.39, 0.29) is 0 Å². The molecule has 2 heteroatoms. The molecule has 0 bridgehead atoms. The molecule has 0 atom stereocenters. The second-order valence-electron chi connectivity index (χ2n) is 10.1. The molecule has 0 saturated heterocycles. The Morgan fingerprint density at radius 1 is 0.429 bits per heavy atom. The molecule has 2 aromatic carbocycles. The van der Waals surface area contributed by atoms with Gasteiger partial charge in [0.1, 0.15) is 0 Å². The molecule has 0 fully saturated rings. The van der Waals surface area contributed by atoms with Crippen LogP contribution in [0.1, 0.15) is 107 Å². The fourth-order valence-electron chi connectivity index (χ4n) is 4.66. The summed E-state index contributed by atoms with van der Waals surface area (Å²) in [5.74, 6) is 0.826. The van der Waals surface area contributed by atoms with E-state index in [1.807, 2.05) is 12.4 Å². The van der Waals surface area contributed by atoms with E-state index in [1.54, 1.807) is 0 Å². The molecule has 0 unspecified atom stereocenters. The normalized spacial score (nSPS) is 11.1. The van der Waals surface area contributed by atoms with Gasteiger partial charge in [-0.1, -0.05) is 120 Å². The maximum absolute atomic E-state index is 4.62. The van der Waals surface area contributed by atoms with E-state index in [9.17, 15) is 0 Å². The molecule has 3 rings (SSSR count). The van der Waals surface area contributed by atoms with Gasteiger partial charge >= 0.3 is 0 Å². The van der Waals surface area contributed by atoms with Gasteiger partial charge in [-0.05, 0) is 60.8 Å². The highest BCUT2D eigenvalue weighted by Gasteiger charge is 2.04. The molecule has 2 nitrogen and oxygen atoms in total. The molecule has 0 aliphatic heterocycles. The second-order valence-corrected chi connectivity index (χ2v) is 10.1. The Bertz CT molecular complexity index is 926. The molecule has 0 saturated carbocycles. The smallest absolute Gasteiger partial charge is 0.159 e. The largest absolute Gasteiger partial charge is 0.236 e. The van der Waals surface area contributed by atoms with Gasteiger partial charge in [0.15, 0.2) is 5.82 Å². The van der Waals surface area contributed by atoms with Crippen LogP contribution in [-0.2, 0) is 25.7 Å². The standard InChI is InChI=1S/C33H46N2/c1-3-5-7-9-11-12-14-28-16-18-29(19-17-28)20-21-30-22-24-32(25-23-30)33-34-26-31(27-35-33)15-13-10-8-6-4-2/h16-19,22-27H,3-15,20-21H2,1-2H3. The lowest BCUT2D eigenvalue weighted by atomic mass is 10.00. The summed E-state index contributed by atoms with van der Waals surface area (Å²) in [6.45, 7) is 4.54. The first-order chi connectivity index (χ1) is 17.3. The first-order valence-electron chi connectivity index (χ1n) is 14.3. The van der Waals surface area contributed by atoms with Crippen LogP contribution in [0.25, 0.3) is 11.4 Å². The summed E-state index contributed by atoms with van der Waals surface area (Å²) in [7, 11) is 0. The van der Waals surface area contributed by atoms with Crippen LogP contribution in [0.2, 0.25) is 0 Å². The maximum atomic E-state index is 4.62. The van der Waals surface area contributed by atoms with Gasteiger partial charge in [-0.2, -0.15) is 0 Å². The third kappa shape index (κ3) is 10.3. The molecule has 35 heavy (non-hydrogen) atoms. The molecule has 0 radical (unpaired) electrons. The van der Waals surface area contributed by atoms with Gasteiger partial charge in [-0.25, -0.2) is 9.97 Å². The lowest BCUT2D eigenvalue weighted by molar-refractivity contribution is 0.607. The summed E-state index contributed by atoms with van der Waals surface area (Å²) in [5, 5.41) is 0. The van der Waals surface area contributed by atoms with Crippen LogP contribution in [-0.4, -0.2) is 9.97 Å². The van der Waals surface area contributed by atoms with Crippen LogP contribution in [0, 0.1) is 0 Å². The van der Waals surface area contributed by atoms with E-state index in [1.165, 1.54) is 99.3 Å². The van der Waals surface area contributed by atoms with E-state index < -0.39 is 0 Å². The Balaban J connectivity index is 1.39. The van der Waals surface area contributed by atoms with Crippen LogP contribution >= 0.6 is 0 Å². The van der Waals surface area contributed by atoms with Crippen molar-refractivity contribution in [2.75, 3.05) is 0 Å². The minimum Gasteiger partial charge on any atom is -0.236 e. The first-order valence-corrected chi connectivity index (χ1v) is 14.3. The van der Waals surface area contributed by atoms with E-state index in [4.69, 9.17) is 0 Å². The molecule has 1 aromatic heterocycles. The van der Waals surface area contributed by atoms with Crippen molar-refractivity contribution < 1.29 is 0 Å². The molecular formula is C33H46N2. The number of hydrogen-bond donors (Lipinski definition) is 0. The van der Waals surface area contributed by atoms with E-state index >= 15 is 0 Å². The highest BCUT2D eigenvalue weighted by Crippen LogP contribution is 2.18. The highest BCUT2D eigenvalue weighted by molar-refractivity contribution is 5.55. The molecule has 0 spiro atoms. The van der Waals surface area contributed by atoms with Crippen LogP contribution < -0.4 is 0 Å². The zero-order valence-electron chi connectivity index (χ0n) is 22.3. The topological polar surface area (TPSA) is 25.8 Å². The molecule has 188 valence electrons. The Labute approximate surface area is 214 Å². The third-order valence-electron chi connectivity index (χ3n) is 7.03. The van der Waals surface area contributed by atoms with Crippen molar-refractivity contribution in [1.82, 2.24) is 9.97 Å². The summed E-state index contributed by atoms with van der Waals surface area (Å²) in [6.07, 6.45) is 23.2. The van der Waals surface area contributed by atoms with Gasteiger partial charge in [-0.15, -0.1) is 0 Å². The average molecular weight is 471 g/mol. The number of aryl methyl sites for hydroxylation is 4. The maximum Gasteiger partial charge on any atom is 0.159 e. The Hall–Kier alpha value is -2.48. The van der Waals surface area contributed by atoms with Crippen LogP contribution in [0.3, 0.4) is 0 Å². The monoisotopic (exact) mass is 470 g/mol. The van der Waals surface area contributed by atoms with Crippen LogP contribution in [0.15, 0.2) is 60.9 Å². The number of benzene rings is 2. The molecular weight excluding hydrogens is 424 g/mol. The number of hydrogen-bond acceptors (Lipinski definition) is 2. The van der Waals surface area contributed by atoms with Crippen molar-refractivity contribution in [3.63, 3.8) is 0 Å². The Morgan fingerprint density at radius 2 is 0.829 bits per heavy atom. The highest BCUT2D eigenvalue weighted by atomic mass is 14.9. The molecule has 0 amide bonds. The van der Waals surface area contributed by atoms with Crippen molar-refractivity contribution in [3.8, 4) is 11.4 Å². The van der Waals surface area contributed by atoms with Crippen molar-refractivity contribution in [3.05, 3.63) is 83.2 Å². The fourth-order valence-corrected chi connectivity index (χ4v) is 4.66. The predicted octanol–water partition coefficient (Wildman–Crippen LogP) is 9.34. The van der Waals surface area contributed by atoms with Crippen molar-refractivity contribution in [1.29, 1.82) is 0 Å². The first kappa shape index (κ1) is 27.1. The van der Waals surface area contributed by atoms with Crippen molar-refractivity contribution in [2.24, 2.45) is 0 Å². The van der Waals surface area contributed by atoms with Crippen molar-refractivity contribution >= 4 is 0 Å². The van der Waals surface area contributed by atoms with Gasteiger partial charge in [-0.3, -0.25) is 0 Å². The van der Waals surface area contributed by atoms with Gasteiger partial charge in [0.2, 0.25) is 0 Å². The zero-order valence-corrected chi connectivity index (χ0v) is 22.3. The summed E-state index contributed by atoms with van der Waals surface area (Å²) >= 11 is 0. The summed E-state index contributed by atoms with van der Waals surface area (Å²) < 4.78 is 0. The molecule has 0 aliphatic carbocycles. The van der Waals surface area contributed by atoms with E-state index in [2.05, 4.69) is 72.3 Å². The second kappa shape index (κ2) is 16.2. The van der Waals surface area contributed by atoms with E-state index in [0.29, 0.717) is 0 Å². The predicted molar refractivity (Wildman–Crippen MR) is 151 cm³/mol. The van der Waals surface area contributed by atoms with Crippen LogP contribution in [0.5, 0.6) is 0 Å². The molecule has 3 aromatic rings. The van der Waals surface area contributed by atoms with Gasteiger partial charge in [0.05, 0.1) is 0 Å².